The highest BCUT2D eigenvalue weighted by molar-refractivity contribution is 6.33. The van der Waals surface area contributed by atoms with Crippen LogP contribution in [0.25, 0.3) is 6.08 Å². The summed E-state index contributed by atoms with van der Waals surface area (Å²) in [6.45, 7) is 0.254. The number of nitrogens with two attached hydrogens (primary N) is 1. The molecule has 0 radical (unpaired) electrons. The van der Waals surface area contributed by atoms with E-state index in [1.165, 1.54) is 0 Å². The number of hydrogen-bond donors (Lipinski definition) is 3. The number of halogens is 1. The Labute approximate surface area is 92.7 Å². The molecule has 4 nitrogen and oxygen atoms in total. The van der Waals surface area contributed by atoms with Crippen LogP contribution in [0.5, 0.6) is 0 Å². The molecule has 1 aromatic rings. The number of pyridine rings is 1. The number of aromatic nitrogens is 1. The molecule has 0 amide bonds. The number of hydrogen-bond acceptors (Lipinski definition) is 4. The maximum atomic E-state index is 8.57. The van der Waals surface area contributed by atoms with Gasteiger partial charge in [-0.25, -0.2) is 5.48 Å². The molecule has 0 aromatic carbocycles. The zero-order valence-corrected chi connectivity index (χ0v) is 8.83. The fourth-order valence-electron chi connectivity index (χ4n) is 1.64. The minimum Gasteiger partial charge on any atom is -0.323 e. The van der Waals surface area contributed by atoms with Crippen molar-refractivity contribution < 1.29 is 5.21 Å². The molecule has 2 rings (SSSR count). The summed E-state index contributed by atoms with van der Waals surface area (Å²) in [6.07, 6.45) is 6.47. The minimum atomic E-state index is -0.353. The normalized spacial score (nSPS) is 15.4. The standard InChI is InChI=1S/C10H12ClN3O/c11-10-6-2-1-3-9(6)13-4-7(10)8(12)5-14-15/h1-2,4,8,14-15H,3,5,12H2. The van der Waals surface area contributed by atoms with Gasteiger partial charge in [0.15, 0.2) is 0 Å². The lowest BCUT2D eigenvalue weighted by Gasteiger charge is -2.14. The molecule has 1 heterocycles. The van der Waals surface area contributed by atoms with Gasteiger partial charge in [-0.05, 0) is 0 Å². The monoisotopic (exact) mass is 225 g/mol. The van der Waals surface area contributed by atoms with Crippen LogP contribution in [0.3, 0.4) is 0 Å². The average molecular weight is 226 g/mol. The zero-order valence-electron chi connectivity index (χ0n) is 8.07. The van der Waals surface area contributed by atoms with E-state index < -0.39 is 0 Å². The molecule has 1 aliphatic rings. The zero-order chi connectivity index (χ0) is 10.8. The molecule has 1 aliphatic carbocycles. The number of allylic oxidation sites excluding steroid dienone is 1. The smallest absolute Gasteiger partial charge is 0.0560 e. The first kappa shape index (κ1) is 10.6. The molecule has 0 bridgehead atoms. The summed E-state index contributed by atoms with van der Waals surface area (Å²) in [5.74, 6) is 0. The van der Waals surface area contributed by atoms with Gasteiger partial charge in [0.1, 0.15) is 0 Å². The van der Waals surface area contributed by atoms with E-state index in [0.717, 1.165) is 23.2 Å². The van der Waals surface area contributed by atoms with Gasteiger partial charge in [0.05, 0.1) is 10.7 Å². The summed E-state index contributed by atoms with van der Waals surface area (Å²) in [4.78, 5) is 4.29. The Morgan fingerprint density at radius 3 is 3.20 bits per heavy atom. The fraction of sp³-hybridized carbons (Fsp3) is 0.300. The quantitative estimate of drug-likeness (QED) is 0.678. The van der Waals surface area contributed by atoms with E-state index in [4.69, 9.17) is 22.5 Å². The van der Waals surface area contributed by atoms with Crippen LogP contribution in [0.1, 0.15) is 22.9 Å². The summed E-state index contributed by atoms with van der Waals surface area (Å²) in [5.41, 5.74) is 10.5. The molecule has 0 saturated heterocycles. The first-order valence-corrected chi connectivity index (χ1v) is 5.08. The molecular formula is C10H12ClN3O. The average Bonchev–Trinajstić information content (AvgIpc) is 2.67. The van der Waals surface area contributed by atoms with Crippen molar-refractivity contribution in [3.05, 3.63) is 34.1 Å². The van der Waals surface area contributed by atoms with E-state index in [1.54, 1.807) is 6.20 Å². The maximum Gasteiger partial charge on any atom is 0.0560 e. The molecule has 0 saturated carbocycles. The molecule has 0 spiro atoms. The van der Waals surface area contributed by atoms with E-state index >= 15 is 0 Å². The van der Waals surface area contributed by atoms with E-state index in [2.05, 4.69) is 4.98 Å². The molecule has 15 heavy (non-hydrogen) atoms. The summed E-state index contributed by atoms with van der Waals surface area (Å²) in [5, 5.41) is 9.21. The van der Waals surface area contributed by atoms with Crippen LogP contribution in [0.2, 0.25) is 5.02 Å². The highest BCUT2D eigenvalue weighted by Crippen LogP contribution is 2.30. The van der Waals surface area contributed by atoms with Gasteiger partial charge >= 0.3 is 0 Å². The number of nitrogens with zero attached hydrogens (tertiary/aromatic N) is 1. The minimum absolute atomic E-state index is 0.254. The predicted molar refractivity (Wildman–Crippen MR) is 58.7 cm³/mol. The van der Waals surface area contributed by atoms with Crippen LogP contribution in [0.15, 0.2) is 12.3 Å². The van der Waals surface area contributed by atoms with Gasteiger partial charge in [-0.3, -0.25) is 4.98 Å². The van der Waals surface area contributed by atoms with Crippen molar-refractivity contribution in [3.8, 4) is 0 Å². The topological polar surface area (TPSA) is 71.2 Å². The van der Waals surface area contributed by atoms with Crippen molar-refractivity contribution in [1.82, 2.24) is 10.5 Å². The fourth-order valence-corrected chi connectivity index (χ4v) is 2.00. The molecule has 1 unspecified atom stereocenters. The van der Waals surface area contributed by atoms with E-state index in [1.807, 2.05) is 17.6 Å². The van der Waals surface area contributed by atoms with Crippen LogP contribution >= 0.6 is 11.6 Å². The molecule has 5 heteroatoms. The van der Waals surface area contributed by atoms with Crippen molar-refractivity contribution in [2.75, 3.05) is 6.54 Å². The Bertz CT molecular complexity index is 406. The largest absolute Gasteiger partial charge is 0.323 e. The molecule has 80 valence electrons. The van der Waals surface area contributed by atoms with E-state index in [0.29, 0.717) is 5.02 Å². The summed E-state index contributed by atoms with van der Waals surface area (Å²) in [6, 6.07) is -0.353. The summed E-state index contributed by atoms with van der Waals surface area (Å²) >= 11 is 6.20. The van der Waals surface area contributed by atoms with Crippen molar-refractivity contribution >= 4 is 17.7 Å². The first-order chi connectivity index (χ1) is 7.24. The summed E-state index contributed by atoms with van der Waals surface area (Å²) < 4.78 is 0. The first-order valence-electron chi connectivity index (χ1n) is 4.70. The second-order valence-corrected chi connectivity index (χ2v) is 3.84. The van der Waals surface area contributed by atoms with Gasteiger partial charge in [0, 0.05) is 36.3 Å². The van der Waals surface area contributed by atoms with Crippen LogP contribution in [0, 0.1) is 0 Å². The predicted octanol–water partition coefficient (Wildman–Crippen LogP) is 1.28. The Kier molecular flexibility index (Phi) is 3.02. The van der Waals surface area contributed by atoms with Gasteiger partial charge in [-0.15, -0.1) is 0 Å². The lowest BCUT2D eigenvalue weighted by Crippen LogP contribution is -2.25. The van der Waals surface area contributed by atoms with Crippen molar-refractivity contribution in [2.45, 2.75) is 12.5 Å². The third kappa shape index (κ3) is 1.89. The molecule has 1 atom stereocenters. The van der Waals surface area contributed by atoms with E-state index in [9.17, 15) is 0 Å². The molecule has 0 fully saturated rings. The Balaban J connectivity index is 2.37. The maximum absolute atomic E-state index is 8.57. The van der Waals surface area contributed by atoms with Crippen LogP contribution in [-0.4, -0.2) is 16.7 Å². The highest BCUT2D eigenvalue weighted by atomic mass is 35.5. The van der Waals surface area contributed by atoms with Crippen LogP contribution in [-0.2, 0) is 6.42 Å². The van der Waals surface area contributed by atoms with Crippen LogP contribution < -0.4 is 11.2 Å². The van der Waals surface area contributed by atoms with Crippen molar-refractivity contribution in [3.63, 3.8) is 0 Å². The van der Waals surface area contributed by atoms with Gasteiger partial charge in [-0.1, -0.05) is 23.8 Å². The highest BCUT2D eigenvalue weighted by Gasteiger charge is 2.17. The lowest BCUT2D eigenvalue weighted by atomic mass is 10.1. The van der Waals surface area contributed by atoms with Gasteiger partial charge < -0.3 is 10.9 Å². The van der Waals surface area contributed by atoms with Crippen LogP contribution in [0.4, 0.5) is 0 Å². The molecular weight excluding hydrogens is 214 g/mol. The van der Waals surface area contributed by atoms with Crippen molar-refractivity contribution in [1.29, 1.82) is 0 Å². The third-order valence-corrected chi connectivity index (χ3v) is 2.89. The van der Waals surface area contributed by atoms with Gasteiger partial charge in [0.25, 0.3) is 0 Å². The summed E-state index contributed by atoms with van der Waals surface area (Å²) in [7, 11) is 0. The van der Waals surface area contributed by atoms with E-state index in [-0.39, 0.29) is 12.6 Å². The Hall–Kier alpha value is -0.940. The number of rotatable bonds is 3. The second-order valence-electron chi connectivity index (χ2n) is 3.46. The number of fused-ring (bicyclic) bond motifs is 1. The molecule has 0 aliphatic heterocycles. The lowest BCUT2D eigenvalue weighted by molar-refractivity contribution is 0.160. The second kappa shape index (κ2) is 4.28. The molecule has 1 aromatic heterocycles. The SMILES string of the molecule is NC(CNO)c1cnc2c(c1Cl)C=CC2. The Morgan fingerprint density at radius 2 is 2.47 bits per heavy atom. The Morgan fingerprint density at radius 1 is 1.67 bits per heavy atom. The third-order valence-electron chi connectivity index (χ3n) is 2.47. The van der Waals surface area contributed by atoms with Crippen molar-refractivity contribution in [2.24, 2.45) is 5.73 Å². The van der Waals surface area contributed by atoms with Gasteiger partial charge in [-0.2, -0.15) is 0 Å². The number of nitrogens with one attached hydrogen (secondary N) is 1. The molecule has 4 N–H and O–H groups in total. The van der Waals surface area contributed by atoms with Gasteiger partial charge in [0.2, 0.25) is 0 Å². The number of hydroxylamine groups is 1.